The van der Waals surface area contributed by atoms with Crippen molar-refractivity contribution in [1.29, 1.82) is 0 Å². The van der Waals surface area contributed by atoms with Crippen LogP contribution in [0.5, 0.6) is 0 Å². The number of hydrogen-bond acceptors (Lipinski definition) is 4. The lowest BCUT2D eigenvalue weighted by Gasteiger charge is -2.11. The minimum Gasteiger partial charge on any atom is -0.355 e. The van der Waals surface area contributed by atoms with Crippen LogP contribution in [0.1, 0.15) is 12.5 Å². The molecule has 3 rings (SSSR count). The maximum atomic E-state index is 12.6. The zero-order valence-electron chi connectivity index (χ0n) is 14.9. The highest BCUT2D eigenvalue weighted by atomic mass is 35.5. The van der Waals surface area contributed by atoms with Crippen molar-refractivity contribution in [1.82, 2.24) is 14.9 Å². The number of para-hydroxylation sites is 1. The van der Waals surface area contributed by atoms with Crippen LogP contribution in [0.25, 0.3) is 10.9 Å². The Morgan fingerprint density at radius 1 is 1.22 bits per heavy atom. The molecule has 0 aliphatic heterocycles. The number of nitrogens with zero attached hydrogens (tertiary/aromatic N) is 2. The second-order valence-electron chi connectivity index (χ2n) is 5.98. The lowest BCUT2D eigenvalue weighted by molar-refractivity contribution is -0.118. The molecule has 2 aromatic carbocycles. The first-order chi connectivity index (χ1) is 13.1. The standard InChI is InChI=1S/C20H20ClN3O2S/c1-2-24-19(26)16-8-3-4-9-17(16)23-20(24)27-13-18(25)22-11-10-14-6-5-7-15(21)12-14/h3-9,12H,2,10-11,13H2,1H3,(H,22,25). The Labute approximate surface area is 166 Å². The van der Waals surface area contributed by atoms with Gasteiger partial charge in [0.15, 0.2) is 5.16 Å². The molecule has 0 aliphatic rings. The number of thioether (sulfide) groups is 1. The van der Waals surface area contributed by atoms with Gasteiger partial charge in [-0.25, -0.2) is 4.98 Å². The molecule has 0 unspecified atom stereocenters. The Balaban J connectivity index is 1.60. The summed E-state index contributed by atoms with van der Waals surface area (Å²) in [4.78, 5) is 29.3. The number of carbonyl (C=O) groups excluding carboxylic acids is 1. The molecule has 1 aromatic heterocycles. The van der Waals surface area contributed by atoms with Crippen LogP contribution in [0.4, 0.5) is 0 Å². The predicted molar refractivity (Wildman–Crippen MR) is 111 cm³/mol. The molecule has 0 atom stereocenters. The number of nitrogens with one attached hydrogen (secondary N) is 1. The van der Waals surface area contributed by atoms with Gasteiger partial charge in [-0.05, 0) is 43.2 Å². The monoisotopic (exact) mass is 401 g/mol. The fourth-order valence-electron chi connectivity index (χ4n) is 2.76. The third-order valence-electron chi connectivity index (χ3n) is 4.10. The number of hydrogen-bond donors (Lipinski definition) is 1. The molecule has 1 heterocycles. The van der Waals surface area contributed by atoms with Gasteiger partial charge >= 0.3 is 0 Å². The van der Waals surface area contributed by atoms with Crippen molar-refractivity contribution >= 4 is 40.2 Å². The Morgan fingerprint density at radius 3 is 2.81 bits per heavy atom. The first-order valence-corrected chi connectivity index (χ1v) is 10.1. The van der Waals surface area contributed by atoms with Crippen LogP contribution in [0.3, 0.4) is 0 Å². The maximum absolute atomic E-state index is 12.6. The van der Waals surface area contributed by atoms with E-state index in [1.165, 1.54) is 11.8 Å². The molecule has 0 aliphatic carbocycles. The number of carbonyl (C=O) groups is 1. The summed E-state index contributed by atoms with van der Waals surface area (Å²) in [7, 11) is 0. The van der Waals surface area contributed by atoms with Crippen molar-refractivity contribution in [2.45, 2.75) is 25.0 Å². The minimum atomic E-state index is -0.0907. The molecule has 7 heteroatoms. The number of rotatable bonds is 7. The number of benzene rings is 2. The van der Waals surface area contributed by atoms with E-state index in [0.717, 1.165) is 5.56 Å². The average Bonchev–Trinajstić information content (AvgIpc) is 2.66. The molecule has 27 heavy (non-hydrogen) atoms. The second-order valence-corrected chi connectivity index (χ2v) is 7.36. The highest BCUT2D eigenvalue weighted by Gasteiger charge is 2.12. The largest absolute Gasteiger partial charge is 0.355 e. The third kappa shape index (κ3) is 4.90. The minimum absolute atomic E-state index is 0.0769. The summed E-state index contributed by atoms with van der Waals surface area (Å²) in [5, 5.41) is 4.73. The molecule has 1 amide bonds. The summed E-state index contributed by atoms with van der Waals surface area (Å²) in [6, 6.07) is 14.8. The number of amides is 1. The van der Waals surface area contributed by atoms with Crippen LogP contribution in [0.2, 0.25) is 5.02 Å². The summed E-state index contributed by atoms with van der Waals surface area (Å²) in [5.41, 5.74) is 1.65. The van der Waals surface area contributed by atoms with E-state index >= 15 is 0 Å². The number of aromatic nitrogens is 2. The molecule has 3 aromatic rings. The van der Waals surface area contributed by atoms with Gasteiger partial charge in [0.2, 0.25) is 5.91 Å². The van der Waals surface area contributed by atoms with Gasteiger partial charge in [0.25, 0.3) is 5.56 Å². The normalized spacial score (nSPS) is 10.9. The van der Waals surface area contributed by atoms with Gasteiger partial charge in [-0.15, -0.1) is 0 Å². The SMILES string of the molecule is CCn1c(SCC(=O)NCCc2cccc(Cl)c2)nc2ccccc2c1=O. The van der Waals surface area contributed by atoms with Gasteiger partial charge in [-0.1, -0.05) is 47.6 Å². The molecular weight excluding hydrogens is 382 g/mol. The fourth-order valence-corrected chi connectivity index (χ4v) is 3.86. The van der Waals surface area contributed by atoms with Gasteiger partial charge in [0, 0.05) is 18.1 Å². The Hall–Kier alpha value is -2.31. The molecule has 0 saturated carbocycles. The van der Waals surface area contributed by atoms with Gasteiger partial charge in [-0.3, -0.25) is 14.2 Å². The van der Waals surface area contributed by atoms with E-state index < -0.39 is 0 Å². The van der Waals surface area contributed by atoms with Crippen molar-refractivity contribution in [2.24, 2.45) is 0 Å². The van der Waals surface area contributed by atoms with Gasteiger partial charge in [-0.2, -0.15) is 0 Å². The molecule has 0 spiro atoms. The van der Waals surface area contributed by atoms with Crippen LogP contribution in [0, 0.1) is 0 Å². The van der Waals surface area contributed by atoms with Crippen molar-refractivity contribution in [2.75, 3.05) is 12.3 Å². The van der Waals surface area contributed by atoms with Crippen molar-refractivity contribution in [3.8, 4) is 0 Å². The molecule has 140 valence electrons. The first kappa shape index (κ1) is 19.5. The highest BCUT2D eigenvalue weighted by Crippen LogP contribution is 2.17. The molecule has 1 N–H and O–H groups in total. The summed E-state index contributed by atoms with van der Waals surface area (Å²) in [6.07, 6.45) is 0.713. The zero-order chi connectivity index (χ0) is 19.2. The number of fused-ring (bicyclic) bond motifs is 1. The van der Waals surface area contributed by atoms with E-state index in [0.29, 0.717) is 40.6 Å². The van der Waals surface area contributed by atoms with E-state index in [2.05, 4.69) is 10.3 Å². The maximum Gasteiger partial charge on any atom is 0.262 e. The van der Waals surface area contributed by atoms with E-state index in [1.807, 2.05) is 49.4 Å². The van der Waals surface area contributed by atoms with E-state index in [4.69, 9.17) is 11.6 Å². The van der Waals surface area contributed by atoms with Crippen LogP contribution in [-0.4, -0.2) is 27.8 Å². The molecule has 0 radical (unpaired) electrons. The van der Waals surface area contributed by atoms with Crippen molar-refractivity contribution in [3.05, 3.63) is 69.5 Å². The molecule has 0 saturated heterocycles. The third-order valence-corrected chi connectivity index (χ3v) is 5.31. The van der Waals surface area contributed by atoms with Gasteiger partial charge in [0.1, 0.15) is 0 Å². The first-order valence-electron chi connectivity index (χ1n) is 8.72. The van der Waals surface area contributed by atoms with Gasteiger partial charge < -0.3 is 5.32 Å². The summed E-state index contributed by atoms with van der Waals surface area (Å²) in [6.45, 7) is 2.94. The Kier molecular flexibility index (Phi) is 6.53. The summed E-state index contributed by atoms with van der Waals surface area (Å²) < 4.78 is 1.60. The average molecular weight is 402 g/mol. The molecule has 0 fully saturated rings. The van der Waals surface area contributed by atoms with Gasteiger partial charge in [0.05, 0.1) is 16.7 Å². The Bertz CT molecular complexity index is 1020. The molecular formula is C20H20ClN3O2S. The van der Waals surface area contributed by atoms with E-state index in [9.17, 15) is 9.59 Å². The topological polar surface area (TPSA) is 64.0 Å². The van der Waals surface area contributed by atoms with E-state index in [-0.39, 0.29) is 17.2 Å². The smallest absolute Gasteiger partial charge is 0.262 e. The quantitative estimate of drug-likeness (QED) is 0.486. The molecule has 0 bridgehead atoms. The summed E-state index contributed by atoms with van der Waals surface area (Å²) >= 11 is 7.24. The molecule has 5 nitrogen and oxygen atoms in total. The highest BCUT2D eigenvalue weighted by molar-refractivity contribution is 7.99. The van der Waals surface area contributed by atoms with Crippen LogP contribution < -0.4 is 10.9 Å². The predicted octanol–water partition coefficient (Wildman–Crippen LogP) is 3.52. The number of halogens is 1. The van der Waals surface area contributed by atoms with Crippen LogP contribution in [-0.2, 0) is 17.8 Å². The van der Waals surface area contributed by atoms with Crippen LogP contribution in [0.15, 0.2) is 58.5 Å². The van der Waals surface area contributed by atoms with Crippen LogP contribution >= 0.6 is 23.4 Å². The zero-order valence-corrected chi connectivity index (χ0v) is 16.5. The fraction of sp³-hybridized carbons (Fsp3) is 0.250. The van der Waals surface area contributed by atoms with Crippen molar-refractivity contribution in [3.63, 3.8) is 0 Å². The Morgan fingerprint density at radius 2 is 2.04 bits per heavy atom. The second kappa shape index (κ2) is 9.06. The lowest BCUT2D eigenvalue weighted by Crippen LogP contribution is -2.28. The van der Waals surface area contributed by atoms with E-state index in [1.54, 1.807) is 10.6 Å². The summed E-state index contributed by atoms with van der Waals surface area (Å²) in [5.74, 6) is 0.118. The lowest BCUT2D eigenvalue weighted by atomic mass is 10.1. The van der Waals surface area contributed by atoms with Crippen molar-refractivity contribution < 1.29 is 4.79 Å².